The van der Waals surface area contributed by atoms with E-state index in [1.807, 2.05) is 80.6 Å². The second-order valence-electron chi connectivity index (χ2n) is 8.49. The smallest absolute Gasteiger partial charge is 0.300 e. The number of hydrogen-bond donors (Lipinski definition) is 2. The highest BCUT2D eigenvalue weighted by molar-refractivity contribution is 6.51. The maximum absolute atomic E-state index is 13.4. The largest absolute Gasteiger partial charge is 0.507 e. The van der Waals surface area contributed by atoms with Crippen LogP contribution in [0.5, 0.6) is 5.75 Å². The van der Waals surface area contributed by atoms with Gasteiger partial charge in [-0.2, -0.15) is 0 Å². The second-order valence-corrected chi connectivity index (χ2v) is 8.49. The van der Waals surface area contributed by atoms with E-state index in [4.69, 9.17) is 4.74 Å². The zero-order valence-electron chi connectivity index (χ0n) is 18.9. The summed E-state index contributed by atoms with van der Waals surface area (Å²) in [7, 11) is 0. The van der Waals surface area contributed by atoms with E-state index in [9.17, 15) is 14.7 Å². The summed E-state index contributed by atoms with van der Waals surface area (Å²) < 4.78 is 5.86. The number of aliphatic hydroxyl groups excluding tert-OH is 1. The number of aromatic nitrogens is 1. The molecule has 1 unspecified atom stereocenters. The van der Waals surface area contributed by atoms with E-state index < -0.39 is 17.7 Å². The fourth-order valence-corrected chi connectivity index (χ4v) is 4.45. The van der Waals surface area contributed by atoms with Crippen LogP contribution in [0.3, 0.4) is 0 Å². The minimum atomic E-state index is -0.813. The van der Waals surface area contributed by atoms with E-state index in [1.165, 1.54) is 4.90 Å². The summed E-state index contributed by atoms with van der Waals surface area (Å²) in [4.78, 5) is 31.2. The van der Waals surface area contributed by atoms with Crippen LogP contribution in [0, 0.1) is 0 Å². The van der Waals surface area contributed by atoms with Gasteiger partial charge in [-0.25, -0.2) is 0 Å². The van der Waals surface area contributed by atoms with Gasteiger partial charge in [0.2, 0.25) is 0 Å². The number of Topliss-reactive ketones (excluding diaryl/α,β-unsaturated/α-hetero) is 1. The lowest BCUT2D eigenvalue weighted by atomic mass is 9.94. The molecule has 3 aromatic carbocycles. The van der Waals surface area contributed by atoms with E-state index in [-0.39, 0.29) is 17.4 Å². The summed E-state index contributed by atoms with van der Waals surface area (Å²) in [6, 6.07) is 23.0. The first-order chi connectivity index (χ1) is 16.5. The third-order valence-corrected chi connectivity index (χ3v) is 5.87. The van der Waals surface area contributed by atoms with Crippen LogP contribution >= 0.6 is 0 Å². The third-order valence-electron chi connectivity index (χ3n) is 5.87. The van der Waals surface area contributed by atoms with Crippen molar-refractivity contribution in [2.24, 2.45) is 0 Å². The average Bonchev–Trinajstić information content (AvgIpc) is 3.38. The van der Waals surface area contributed by atoms with Gasteiger partial charge < -0.3 is 14.8 Å². The number of carbonyl (C=O) groups is 2. The molecule has 1 saturated heterocycles. The molecule has 6 heteroatoms. The van der Waals surface area contributed by atoms with E-state index in [1.54, 1.807) is 18.3 Å². The Kier molecular flexibility index (Phi) is 5.42. The number of benzene rings is 3. The first-order valence-electron chi connectivity index (χ1n) is 11.1. The van der Waals surface area contributed by atoms with Gasteiger partial charge in [-0.05, 0) is 49.7 Å². The van der Waals surface area contributed by atoms with E-state index >= 15 is 0 Å². The maximum Gasteiger partial charge on any atom is 0.300 e. The van der Waals surface area contributed by atoms with Gasteiger partial charge in [0.15, 0.2) is 0 Å². The molecule has 0 radical (unpaired) electrons. The fraction of sp³-hybridized carbons (Fsp3) is 0.143. The van der Waals surface area contributed by atoms with Crippen molar-refractivity contribution in [3.8, 4) is 5.75 Å². The highest BCUT2D eigenvalue weighted by Gasteiger charge is 2.47. The van der Waals surface area contributed by atoms with Crippen molar-refractivity contribution in [3.63, 3.8) is 0 Å². The van der Waals surface area contributed by atoms with Crippen molar-refractivity contribution in [1.82, 2.24) is 4.98 Å². The average molecular weight is 453 g/mol. The number of nitrogens with zero attached hydrogens (tertiary/aromatic N) is 1. The summed E-state index contributed by atoms with van der Waals surface area (Å²) >= 11 is 0. The number of aromatic amines is 1. The summed E-state index contributed by atoms with van der Waals surface area (Å²) in [5.41, 5.74) is 2.58. The van der Waals surface area contributed by atoms with Crippen molar-refractivity contribution < 1.29 is 19.4 Å². The molecule has 1 atom stereocenters. The number of aliphatic hydroxyl groups is 1. The number of nitrogens with one attached hydrogen (secondary N) is 1. The molecule has 1 amide bonds. The van der Waals surface area contributed by atoms with Crippen molar-refractivity contribution in [1.29, 1.82) is 0 Å². The van der Waals surface area contributed by atoms with Crippen LogP contribution in [0.25, 0.3) is 16.7 Å². The van der Waals surface area contributed by atoms with Crippen LogP contribution < -0.4 is 9.64 Å². The van der Waals surface area contributed by atoms with Crippen LogP contribution in [0.2, 0.25) is 0 Å². The van der Waals surface area contributed by atoms with Crippen LogP contribution in [0.1, 0.15) is 31.0 Å². The van der Waals surface area contributed by atoms with Gasteiger partial charge in [0.1, 0.15) is 11.5 Å². The molecular weight excluding hydrogens is 428 g/mol. The zero-order chi connectivity index (χ0) is 23.8. The quantitative estimate of drug-likeness (QED) is 0.235. The van der Waals surface area contributed by atoms with Crippen LogP contribution in [0.15, 0.2) is 90.6 Å². The molecule has 1 aliphatic rings. The van der Waals surface area contributed by atoms with Crippen molar-refractivity contribution in [2.75, 3.05) is 4.90 Å². The van der Waals surface area contributed by atoms with Crippen molar-refractivity contribution in [3.05, 3.63) is 102 Å². The molecule has 0 bridgehead atoms. The number of ketones is 1. The number of carbonyl (C=O) groups excluding carboxylic acids is 2. The molecular formula is C28H24N2O4. The predicted molar refractivity (Wildman–Crippen MR) is 132 cm³/mol. The highest BCUT2D eigenvalue weighted by Crippen LogP contribution is 2.43. The van der Waals surface area contributed by atoms with Crippen molar-refractivity contribution >= 4 is 34.0 Å². The Morgan fingerprint density at radius 3 is 2.47 bits per heavy atom. The molecule has 170 valence electrons. The Morgan fingerprint density at radius 1 is 0.971 bits per heavy atom. The molecule has 1 fully saturated rings. The Morgan fingerprint density at radius 2 is 1.71 bits per heavy atom. The van der Waals surface area contributed by atoms with Crippen LogP contribution in [0.4, 0.5) is 5.69 Å². The van der Waals surface area contributed by atoms with Crippen LogP contribution in [-0.4, -0.2) is 27.9 Å². The van der Waals surface area contributed by atoms with Gasteiger partial charge in [-0.1, -0.05) is 48.5 Å². The number of fused-ring (bicyclic) bond motifs is 1. The molecule has 0 aliphatic carbocycles. The lowest BCUT2D eigenvalue weighted by molar-refractivity contribution is -0.132. The highest BCUT2D eigenvalue weighted by atomic mass is 16.5. The summed E-state index contributed by atoms with van der Waals surface area (Å²) in [5.74, 6) is -1.01. The zero-order valence-corrected chi connectivity index (χ0v) is 18.9. The molecule has 5 rings (SSSR count). The number of amides is 1. The van der Waals surface area contributed by atoms with Gasteiger partial charge in [0.05, 0.1) is 17.7 Å². The maximum atomic E-state index is 13.4. The molecule has 6 nitrogen and oxygen atoms in total. The van der Waals surface area contributed by atoms with Gasteiger partial charge >= 0.3 is 0 Å². The first kappa shape index (κ1) is 21.5. The van der Waals surface area contributed by atoms with E-state index in [2.05, 4.69) is 4.98 Å². The molecule has 2 heterocycles. The molecule has 0 saturated carbocycles. The van der Waals surface area contributed by atoms with Gasteiger partial charge in [-0.3, -0.25) is 14.5 Å². The van der Waals surface area contributed by atoms with Gasteiger partial charge in [0.25, 0.3) is 11.7 Å². The van der Waals surface area contributed by atoms with Gasteiger partial charge in [-0.15, -0.1) is 0 Å². The van der Waals surface area contributed by atoms with Crippen LogP contribution in [-0.2, 0) is 9.59 Å². The summed E-state index contributed by atoms with van der Waals surface area (Å²) in [6.45, 7) is 3.86. The first-order valence-corrected chi connectivity index (χ1v) is 11.1. The number of ether oxygens (including phenoxy) is 1. The topological polar surface area (TPSA) is 82.6 Å². The Labute approximate surface area is 197 Å². The number of rotatable bonds is 5. The number of H-pyrrole nitrogens is 1. The second kappa shape index (κ2) is 8.56. The fourth-order valence-electron chi connectivity index (χ4n) is 4.45. The van der Waals surface area contributed by atoms with Gasteiger partial charge in [0, 0.05) is 28.4 Å². The lowest BCUT2D eigenvalue weighted by Gasteiger charge is -2.26. The normalized spacial score (nSPS) is 17.6. The summed E-state index contributed by atoms with van der Waals surface area (Å²) in [5, 5.41) is 12.2. The molecule has 2 N–H and O–H groups in total. The monoisotopic (exact) mass is 452 g/mol. The van der Waals surface area contributed by atoms with E-state index in [0.29, 0.717) is 22.6 Å². The Balaban J connectivity index is 1.73. The predicted octanol–water partition coefficient (Wildman–Crippen LogP) is 5.58. The number of anilines is 1. The number of hydrogen-bond acceptors (Lipinski definition) is 4. The minimum Gasteiger partial charge on any atom is -0.507 e. The summed E-state index contributed by atoms with van der Waals surface area (Å²) in [6.07, 6.45) is 1.62. The lowest BCUT2D eigenvalue weighted by Crippen LogP contribution is -2.29. The Bertz CT molecular complexity index is 1420. The molecule has 1 aromatic heterocycles. The molecule has 34 heavy (non-hydrogen) atoms. The third kappa shape index (κ3) is 3.63. The molecule has 0 spiro atoms. The van der Waals surface area contributed by atoms with Crippen molar-refractivity contribution in [2.45, 2.75) is 26.0 Å². The van der Waals surface area contributed by atoms with E-state index in [0.717, 1.165) is 10.9 Å². The standard InChI is InChI=1S/C28H24N2O4/c1-17(2)34-20-12-8-9-18(15-20)25-24(26(31)22-16-29-23-14-7-6-13-21(22)23)27(32)28(33)30(25)19-10-4-3-5-11-19/h3-17,25,29,31H,1-2H3/b26-24-. The Hall–Kier alpha value is -4.32. The molecule has 4 aromatic rings. The minimum absolute atomic E-state index is 0.0399. The molecule has 1 aliphatic heterocycles. The SMILES string of the molecule is CC(C)Oc1cccc(C2/C(=C(/O)c3c[nH]c4ccccc34)C(=O)C(=O)N2c2ccccc2)c1. The number of para-hydroxylation sites is 2.